The highest BCUT2D eigenvalue weighted by atomic mass is 16.6. The molecule has 2 aromatic carbocycles. The van der Waals surface area contributed by atoms with Crippen molar-refractivity contribution in [1.82, 2.24) is 58.1 Å². The molecule has 0 unspecified atom stereocenters. The van der Waals surface area contributed by atoms with E-state index in [0.29, 0.717) is 53.7 Å². The van der Waals surface area contributed by atoms with Crippen LogP contribution < -0.4 is 58.5 Å². The van der Waals surface area contributed by atoms with E-state index >= 15 is 0 Å². The summed E-state index contributed by atoms with van der Waals surface area (Å²) in [5.74, 6) is -9.38. The number of unbranched alkanes of at least 4 members (excludes halogenated alkanes) is 3. The molecule has 12 N–H and O–H groups in total. The highest BCUT2D eigenvalue weighted by Gasteiger charge is 2.35. The van der Waals surface area contributed by atoms with Crippen molar-refractivity contribution >= 4 is 101 Å². The van der Waals surface area contributed by atoms with Crippen molar-refractivity contribution in [3.63, 3.8) is 0 Å². The van der Waals surface area contributed by atoms with Crippen LogP contribution >= 0.6 is 0 Å². The van der Waals surface area contributed by atoms with E-state index in [2.05, 4.69) is 58.5 Å². The minimum absolute atomic E-state index is 0.000207. The van der Waals surface area contributed by atoms with Gasteiger partial charge in [-0.05, 0) is 229 Å². The summed E-state index contributed by atoms with van der Waals surface area (Å²) in [6.45, 7) is 30.8. The molecular formula is C84H130N12O24. The maximum atomic E-state index is 14.0. The van der Waals surface area contributed by atoms with Crippen molar-refractivity contribution in [1.29, 1.82) is 0 Å². The monoisotopic (exact) mass is 1690 g/mol. The summed E-state index contributed by atoms with van der Waals surface area (Å²) in [5, 5.41) is 40.3. The number of ether oxygens (including phenoxy) is 7. The largest absolute Gasteiger partial charge is 0.506 e. The number of nitrogens with zero attached hydrogens (tertiary/aromatic N) is 1. The van der Waals surface area contributed by atoms with Crippen LogP contribution in [0, 0.1) is 5.92 Å². The van der Waals surface area contributed by atoms with E-state index in [1.165, 1.54) is 43.3 Å². The number of phenols is 1. The topological polar surface area (TPSA) is 494 Å². The Bertz CT molecular complexity index is 3810. The number of alkyl carbamates (subject to hydrolysis) is 1. The van der Waals surface area contributed by atoms with E-state index in [1.807, 2.05) is 0 Å². The molecule has 0 saturated heterocycles. The van der Waals surface area contributed by atoms with Crippen molar-refractivity contribution < 1.29 is 115 Å². The number of anilines is 1. The van der Waals surface area contributed by atoms with Gasteiger partial charge in [-0.3, -0.25) is 62.4 Å². The molecule has 3 rings (SSSR count). The van der Waals surface area contributed by atoms with Crippen LogP contribution in [0.15, 0.2) is 54.6 Å². The van der Waals surface area contributed by atoms with Crippen LogP contribution in [0.5, 0.6) is 5.75 Å². The second kappa shape index (κ2) is 50.3. The molecule has 670 valence electrons. The molecule has 2 aromatic rings. The first kappa shape index (κ1) is 103. The second-order valence-electron chi connectivity index (χ2n) is 34.3. The quantitative estimate of drug-likeness (QED) is 0.0117. The summed E-state index contributed by atoms with van der Waals surface area (Å²) in [7, 11) is 0. The summed E-state index contributed by atoms with van der Waals surface area (Å²) in [6, 6.07) is 2.74. The molecule has 0 saturated carbocycles. The lowest BCUT2D eigenvalue weighted by atomic mass is 10.0. The van der Waals surface area contributed by atoms with Crippen LogP contribution in [0.2, 0.25) is 0 Å². The van der Waals surface area contributed by atoms with Crippen LogP contribution in [-0.4, -0.2) is 228 Å². The second-order valence-corrected chi connectivity index (χ2v) is 34.3. The van der Waals surface area contributed by atoms with Crippen LogP contribution in [0.1, 0.15) is 241 Å². The number of rotatable bonds is 49. The van der Waals surface area contributed by atoms with Gasteiger partial charge in [0.25, 0.3) is 23.6 Å². The third-order valence-electron chi connectivity index (χ3n) is 16.9. The molecule has 0 fully saturated rings. The Labute approximate surface area is 703 Å². The van der Waals surface area contributed by atoms with Gasteiger partial charge in [-0.1, -0.05) is 19.9 Å². The van der Waals surface area contributed by atoms with Gasteiger partial charge in [-0.2, -0.15) is 0 Å². The zero-order valence-corrected chi connectivity index (χ0v) is 73.0. The van der Waals surface area contributed by atoms with Crippen LogP contribution in [0.4, 0.5) is 15.3 Å². The number of phenolic OH excluding ortho intramolecular Hbond substituents is 1. The van der Waals surface area contributed by atoms with Gasteiger partial charge >= 0.3 is 36.0 Å². The third kappa shape index (κ3) is 44.9. The molecule has 13 amide bonds. The lowest BCUT2D eigenvalue weighted by molar-refractivity contribution is -0.159. The Kier molecular flexibility index (Phi) is 43.4. The molecule has 0 radical (unpaired) electrons. The van der Waals surface area contributed by atoms with E-state index in [-0.39, 0.29) is 146 Å². The number of carbonyl (C=O) groups is 16. The summed E-state index contributed by atoms with van der Waals surface area (Å²) >= 11 is 0. The molecule has 1 aliphatic rings. The summed E-state index contributed by atoms with van der Waals surface area (Å²) in [6.07, 6.45) is 3.93. The Morgan fingerprint density at radius 1 is 0.425 bits per heavy atom. The smallest absolute Gasteiger partial charge is 0.407 e. The minimum Gasteiger partial charge on any atom is -0.506 e. The maximum Gasteiger partial charge on any atom is 0.407 e. The maximum absolute atomic E-state index is 14.0. The fraction of sp³-hybridized carbons (Fsp3) is 0.643. The van der Waals surface area contributed by atoms with E-state index in [1.54, 1.807) is 124 Å². The van der Waals surface area contributed by atoms with Gasteiger partial charge in [0.15, 0.2) is 0 Å². The summed E-state index contributed by atoms with van der Waals surface area (Å²) in [5.41, 5.74) is -2.95. The molecule has 36 heteroatoms. The molecule has 1 heterocycles. The Morgan fingerprint density at radius 2 is 0.892 bits per heavy atom. The Hall–Kier alpha value is -10.8. The number of nitrogens with one attached hydrogen (secondary N) is 11. The SMILES string of the molecule is CC(C)[C@H](NC(=O)[C@H](CCCCNC(=O)CCOCCOCCNC(=O)c1ccc(C(=O)NCCCCC(=O)NCCCC[C@H](NC(=O)N[C@@H](CCC(=O)OC(C)(C)C)C(=O)OC(C)(C)C)C(=O)OC(C)(C)C)cc1)NC(=O)CN1C(=O)C=CC1=O)C(=O)N[C@@H](C)C(=O)Nc1cc(C[C@@H](CCC(=O)OC(C)(C)C)NC(=O)OC(C)(C)C)ccc1O. The molecule has 0 spiro atoms. The zero-order chi connectivity index (χ0) is 90.3. The Balaban J connectivity index is 1.38. The predicted octanol–water partition coefficient (Wildman–Crippen LogP) is 6.11. The van der Waals surface area contributed by atoms with Gasteiger partial charge in [-0.25, -0.2) is 19.2 Å². The molecule has 6 atom stereocenters. The number of carbonyl (C=O) groups excluding carboxylic acids is 16. The van der Waals surface area contributed by atoms with E-state index in [0.717, 1.165) is 12.2 Å². The molecule has 36 nitrogen and oxygen atoms in total. The fourth-order valence-corrected chi connectivity index (χ4v) is 11.3. The van der Waals surface area contributed by atoms with Crippen molar-refractivity contribution in [2.24, 2.45) is 5.92 Å². The lowest BCUT2D eigenvalue weighted by Crippen LogP contribution is -2.58. The lowest BCUT2D eigenvalue weighted by Gasteiger charge is -2.27. The number of urea groups is 1. The zero-order valence-electron chi connectivity index (χ0n) is 73.0. The third-order valence-corrected chi connectivity index (χ3v) is 16.9. The first-order chi connectivity index (χ1) is 55.9. The first-order valence-electron chi connectivity index (χ1n) is 40.7. The van der Waals surface area contributed by atoms with Crippen molar-refractivity contribution in [3.05, 3.63) is 71.3 Å². The fourth-order valence-electron chi connectivity index (χ4n) is 11.3. The van der Waals surface area contributed by atoms with Crippen molar-refractivity contribution in [2.45, 2.75) is 285 Å². The predicted molar refractivity (Wildman–Crippen MR) is 442 cm³/mol. The van der Waals surface area contributed by atoms with Gasteiger partial charge in [0.2, 0.25) is 35.4 Å². The van der Waals surface area contributed by atoms with E-state index in [4.69, 9.17) is 33.2 Å². The minimum atomic E-state index is -1.30. The molecule has 0 aliphatic carbocycles. The summed E-state index contributed by atoms with van der Waals surface area (Å²) < 4.78 is 38.4. The normalized spacial score (nSPS) is 13.8. The van der Waals surface area contributed by atoms with Crippen LogP contribution in [0.25, 0.3) is 0 Å². The summed E-state index contributed by atoms with van der Waals surface area (Å²) in [4.78, 5) is 209. The number of esters is 4. The highest BCUT2D eigenvalue weighted by molar-refractivity contribution is 6.14. The highest BCUT2D eigenvalue weighted by Crippen LogP contribution is 2.27. The van der Waals surface area contributed by atoms with Gasteiger partial charge in [-0.15, -0.1) is 0 Å². The van der Waals surface area contributed by atoms with Crippen LogP contribution in [-0.2, 0) is 97.1 Å². The average Bonchev–Trinajstić information content (AvgIpc) is 1.50. The number of aromatic hydroxyl groups is 1. The van der Waals surface area contributed by atoms with Gasteiger partial charge in [0, 0.05) is 81.2 Å². The van der Waals surface area contributed by atoms with Gasteiger partial charge in [0.1, 0.15) is 70.5 Å². The number of hydrogen-bond donors (Lipinski definition) is 12. The van der Waals surface area contributed by atoms with Crippen molar-refractivity contribution in [3.8, 4) is 5.75 Å². The van der Waals surface area contributed by atoms with E-state index in [9.17, 15) is 81.8 Å². The van der Waals surface area contributed by atoms with Gasteiger partial charge in [0.05, 0.1) is 32.1 Å². The molecule has 0 aromatic heterocycles. The van der Waals surface area contributed by atoms with Gasteiger partial charge < -0.3 is 96.7 Å². The average molecular weight is 1690 g/mol. The number of benzene rings is 2. The molecule has 0 bridgehead atoms. The first-order valence-corrected chi connectivity index (χ1v) is 40.7. The van der Waals surface area contributed by atoms with E-state index < -0.39 is 154 Å². The Morgan fingerprint density at radius 3 is 1.41 bits per heavy atom. The number of hydrogen-bond acceptors (Lipinski definition) is 24. The van der Waals surface area contributed by atoms with Crippen molar-refractivity contribution in [2.75, 3.05) is 64.5 Å². The standard InChI is InChI=1S/C84H130N12O24/c1-52(2)70(75(109)89-53(3)71(105)92-61-50-54(28-35-62(61)97)49-57(90-79(113)120-84(16,17)18)33-38-68(103)116-80(4,5)6)95-74(108)58(91-65(100)51-96-66(101)36-37-67(96)102)25-19-22-42-86-64(99)40-45-114-47-48-115-46-44-88-73(107)56-31-29-55(30-32-56)72(106)87-43-24-21-27-63(98)85-41-23-20-26-59(76(110)118-82(10,11)12)93-78(112)94-60(77(111)119-83(13,14)15)34-39-69(104)117-81(7,8)9/h28-32,35-37,50,52-53,57-60,70,97H,19-27,33-34,38-49,51H2,1-18H3,(H,85,98)(H,86,99)(H,87,106)(H,88,107)(H,89,109)(H,90,113)(H,91,100)(H,92,105)(H,95,108)(H2,93,94,112)/t53-,57+,58-,59-,60-,70-/m0/s1. The molecular weight excluding hydrogens is 1560 g/mol. The number of imide groups is 1. The number of amides is 13. The molecule has 120 heavy (non-hydrogen) atoms. The molecule has 1 aliphatic heterocycles. The van der Waals surface area contributed by atoms with Crippen LogP contribution in [0.3, 0.4) is 0 Å².